The maximum atomic E-state index is 12.1. The Labute approximate surface area is 159 Å². The Balaban J connectivity index is 0.00000225. The van der Waals surface area contributed by atoms with Crippen LogP contribution in [-0.2, 0) is 4.74 Å². The maximum Gasteiger partial charge on any atom is 0.360 e. The minimum Gasteiger partial charge on any atom is -0.464 e. The zero-order valence-electron chi connectivity index (χ0n) is 12.9. The second-order valence-corrected chi connectivity index (χ2v) is 6.51. The highest BCUT2D eigenvalue weighted by Crippen LogP contribution is 2.35. The summed E-state index contributed by atoms with van der Waals surface area (Å²) in [4.78, 5) is 21.6. The van der Waals surface area contributed by atoms with Crippen molar-refractivity contribution in [3.63, 3.8) is 0 Å². The van der Waals surface area contributed by atoms with E-state index in [-0.39, 0.29) is 18.9 Å². The topological polar surface area (TPSA) is 61.3 Å². The third kappa shape index (κ3) is 4.11. The van der Waals surface area contributed by atoms with Crippen LogP contribution in [0.3, 0.4) is 0 Å². The van der Waals surface area contributed by atoms with E-state index in [0.29, 0.717) is 10.1 Å². The minimum absolute atomic E-state index is 0. The second-order valence-electron chi connectivity index (χ2n) is 4.95. The third-order valence-corrected chi connectivity index (χ3v) is 4.61. The van der Waals surface area contributed by atoms with Crippen LogP contribution in [0.1, 0.15) is 23.5 Å². The van der Waals surface area contributed by atoms with Gasteiger partial charge >= 0.3 is 5.97 Å². The number of nitrogens with zero attached hydrogens (tertiary/aromatic N) is 2. The number of rotatable bonds is 4. The van der Waals surface area contributed by atoms with E-state index >= 15 is 0 Å². The number of ether oxygens (including phenoxy) is 1. The molecule has 2 aromatic heterocycles. The maximum absolute atomic E-state index is 12.1. The van der Waals surface area contributed by atoms with E-state index in [1.165, 1.54) is 7.11 Å². The monoisotopic (exact) mass is 420 g/mol. The smallest absolute Gasteiger partial charge is 0.360 e. The molecule has 0 fully saturated rings. The molecule has 0 saturated heterocycles. The number of aryl methyl sites for hydroxylation is 1. The van der Waals surface area contributed by atoms with E-state index < -0.39 is 5.97 Å². The lowest BCUT2D eigenvalue weighted by Gasteiger charge is -2.11. The molecule has 0 spiro atoms. The molecule has 2 heterocycles. The van der Waals surface area contributed by atoms with Gasteiger partial charge in [-0.3, -0.25) is 4.98 Å². The first-order valence-electron chi connectivity index (χ1n) is 7.04. The van der Waals surface area contributed by atoms with Gasteiger partial charge in [-0.15, -0.1) is 0 Å². The molecular weight excluding hydrogens is 404 g/mol. The Morgan fingerprint density at radius 3 is 2.60 bits per heavy atom. The molecule has 130 valence electrons. The fraction of sp³-hybridized carbons (Fsp3) is 0.167. The van der Waals surface area contributed by atoms with E-state index in [4.69, 9.17) is 8.92 Å². The van der Waals surface area contributed by atoms with Crippen LogP contribution in [0.4, 0.5) is 0 Å². The van der Waals surface area contributed by atoms with Crippen LogP contribution in [0.15, 0.2) is 52.1 Å². The molecule has 0 aliphatic rings. The normalized spacial score (nSPS) is 10.2. The average Bonchev–Trinajstić information content (AvgIpc) is 2.61. The van der Waals surface area contributed by atoms with Crippen LogP contribution in [0.5, 0.6) is 5.75 Å². The summed E-state index contributed by atoms with van der Waals surface area (Å²) < 4.78 is 11.1. The molecule has 3 rings (SSSR count). The van der Waals surface area contributed by atoms with Crippen LogP contribution in [0.25, 0.3) is 10.9 Å². The molecule has 0 aliphatic carbocycles. The van der Waals surface area contributed by atoms with Crippen LogP contribution < -0.4 is 4.18 Å². The van der Waals surface area contributed by atoms with Gasteiger partial charge < -0.3 is 8.92 Å². The molecule has 0 atom stereocenters. The molecular formula is C18H17BrN2O3S. The van der Waals surface area contributed by atoms with Crippen molar-refractivity contribution in [2.45, 2.75) is 19.2 Å². The van der Waals surface area contributed by atoms with Gasteiger partial charge in [-0.05, 0) is 47.1 Å². The Morgan fingerprint density at radius 2 is 1.92 bits per heavy atom. The number of benzene rings is 1. The summed E-state index contributed by atoms with van der Waals surface area (Å²) in [6.07, 6.45) is 1.64. The number of aromatic nitrogens is 2. The number of hydrogen-bond acceptors (Lipinski definition) is 6. The van der Waals surface area contributed by atoms with E-state index in [0.717, 1.165) is 27.9 Å². The number of hydrogen-bond donors (Lipinski definition) is 0. The first kappa shape index (κ1) is 19.2. The van der Waals surface area contributed by atoms with Gasteiger partial charge in [0.2, 0.25) is 0 Å². The fourth-order valence-corrected chi connectivity index (χ4v) is 3.15. The summed E-state index contributed by atoms with van der Waals surface area (Å²) >= 11 is 4.50. The molecule has 0 radical (unpaired) electrons. The summed E-state index contributed by atoms with van der Waals surface area (Å²) in [6.45, 7) is 2.01. The lowest BCUT2D eigenvalue weighted by molar-refractivity contribution is 0.0592. The Morgan fingerprint density at radius 1 is 1.20 bits per heavy atom. The van der Waals surface area contributed by atoms with Crippen molar-refractivity contribution in [2.75, 3.05) is 7.11 Å². The highest BCUT2D eigenvalue weighted by atomic mass is 79.9. The number of esters is 1. The lowest BCUT2D eigenvalue weighted by Crippen LogP contribution is -2.08. The summed E-state index contributed by atoms with van der Waals surface area (Å²) in [5, 5.41) is 0.754. The second kappa shape index (κ2) is 8.31. The zero-order valence-corrected chi connectivity index (χ0v) is 15.3. The lowest BCUT2D eigenvalue weighted by atomic mass is 10.2. The SMILES string of the molecule is C.COC(=O)c1nc(Br)c2cccnc2c1OSc1ccc(C)cc1. The van der Waals surface area contributed by atoms with E-state index in [9.17, 15) is 4.79 Å². The van der Waals surface area contributed by atoms with E-state index in [1.54, 1.807) is 12.3 Å². The average molecular weight is 421 g/mol. The van der Waals surface area contributed by atoms with Gasteiger partial charge in [0.05, 0.1) is 19.2 Å². The van der Waals surface area contributed by atoms with Gasteiger partial charge in [-0.2, -0.15) is 0 Å². The molecule has 0 saturated carbocycles. The number of carbonyl (C=O) groups excluding carboxylic acids is 1. The van der Waals surface area contributed by atoms with Crippen LogP contribution >= 0.6 is 28.0 Å². The Kier molecular flexibility index (Phi) is 6.39. The molecule has 0 N–H and O–H groups in total. The van der Waals surface area contributed by atoms with Crippen molar-refractivity contribution in [3.8, 4) is 5.75 Å². The Bertz CT molecular complexity index is 901. The van der Waals surface area contributed by atoms with E-state index in [1.807, 2.05) is 37.3 Å². The molecule has 25 heavy (non-hydrogen) atoms. The first-order chi connectivity index (χ1) is 11.6. The molecule has 0 bridgehead atoms. The van der Waals surface area contributed by atoms with Gasteiger partial charge in [0.1, 0.15) is 10.1 Å². The molecule has 3 aromatic rings. The van der Waals surface area contributed by atoms with Crippen LogP contribution in [0.2, 0.25) is 0 Å². The van der Waals surface area contributed by atoms with Crippen molar-refractivity contribution in [3.05, 3.63) is 58.5 Å². The van der Waals surface area contributed by atoms with Crippen molar-refractivity contribution in [2.24, 2.45) is 0 Å². The van der Waals surface area contributed by atoms with Gasteiger partial charge in [-0.1, -0.05) is 25.1 Å². The molecule has 0 amide bonds. The molecule has 7 heteroatoms. The quantitative estimate of drug-likeness (QED) is 0.328. The summed E-state index contributed by atoms with van der Waals surface area (Å²) in [5.41, 5.74) is 1.78. The third-order valence-electron chi connectivity index (χ3n) is 3.29. The zero-order chi connectivity index (χ0) is 17.1. The number of halogens is 1. The van der Waals surface area contributed by atoms with Crippen LogP contribution in [-0.4, -0.2) is 23.0 Å². The minimum atomic E-state index is -0.581. The van der Waals surface area contributed by atoms with Gasteiger partial charge in [0, 0.05) is 16.5 Å². The largest absolute Gasteiger partial charge is 0.464 e. The molecule has 0 unspecified atom stereocenters. The van der Waals surface area contributed by atoms with Crippen molar-refractivity contribution >= 4 is 44.8 Å². The number of pyridine rings is 2. The predicted molar refractivity (Wildman–Crippen MR) is 103 cm³/mol. The highest BCUT2D eigenvalue weighted by molar-refractivity contribution is 9.10. The fourth-order valence-electron chi connectivity index (χ4n) is 2.07. The van der Waals surface area contributed by atoms with E-state index in [2.05, 4.69) is 25.9 Å². The predicted octanol–water partition coefficient (Wildman–Crippen LogP) is 5.21. The van der Waals surface area contributed by atoms with Crippen LogP contribution in [0, 0.1) is 6.92 Å². The van der Waals surface area contributed by atoms with Crippen molar-refractivity contribution in [1.82, 2.24) is 9.97 Å². The first-order valence-corrected chi connectivity index (χ1v) is 8.57. The van der Waals surface area contributed by atoms with Crippen molar-refractivity contribution in [1.29, 1.82) is 0 Å². The van der Waals surface area contributed by atoms with Gasteiger partial charge in [-0.25, -0.2) is 9.78 Å². The molecule has 5 nitrogen and oxygen atoms in total. The summed E-state index contributed by atoms with van der Waals surface area (Å²) in [6, 6.07) is 11.5. The summed E-state index contributed by atoms with van der Waals surface area (Å²) in [5.74, 6) is -0.297. The van der Waals surface area contributed by atoms with Crippen molar-refractivity contribution < 1.29 is 13.7 Å². The summed E-state index contributed by atoms with van der Waals surface area (Å²) in [7, 11) is 1.30. The number of methoxy groups -OCH3 is 1. The molecule has 0 aliphatic heterocycles. The van der Waals surface area contributed by atoms with Gasteiger partial charge in [0.15, 0.2) is 11.4 Å². The Hall–Kier alpha value is -2.12. The highest BCUT2D eigenvalue weighted by Gasteiger charge is 2.22. The van der Waals surface area contributed by atoms with Gasteiger partial charge in [0.25, 0.3) is 0 Å². The molecule has 1 aromatic carbocycles. The number of carbonyl (C=O) groups is 1. The number of fused-ring (bicyclic) bond motifs is 1. The standard InChI is InChI=1S/C17H13BrN2O3S.CH4/c1-10-5-7-11(8-6-10)24-23-15-13-12(4-3-9-19-13)16(18)20-14(15)17(21)22-2;/h3-9H,1-2H3;1H4.